The number of hydrogen-bond donors (Lipinski definition) is 2. The van der Waals surface area contributed by atoms with Gasteiger partial charge in [-0.2, -0.15) is 0 Å². The van der Waals surface area contributed by atoms with E-state index in [4.69, 9.17) is 23.2 Å². The number of rotatable bonds is 3. The highest BCUT2D eigenvalue weighted by Crippen LogP contribution is 2.24. The maximum absolute atomic E-state index is 13.0. The number of nitrogens with zero attached hydrogens (tertiary/aromatic N) is 2. The Hall–Kier alpha value is -3.35. The Morgan fingerprint density at radius 1 is 0.935 bits per heavy atom. The number of amides is 2. The molecule has 0 fully saturated rings. The van der Waals surface area contributed by atoms with Crippen LogP contribution in [0.4, 0.5) is 16.2 Å². The van der Waals surface area contributed by atoms with Gasteiger partial charge in [-0.15, -0.1) is 0 Å². The normalized spacial score (nSPS) is 10.8. The maximum Gasteiger partial charge on any atom is 0.323 e. The third kappa shape index (κ3) is 4.40. The summed E-state index contributed by atoms with van der Waals surface area (Å²) >= 11 is 11.9. The van der Waals surface area contributed by atoms with Crippen LogP contribution < -0.4 is 16.2 Å². The van der Waals surface area contributed by atoms with Crippen molar-refractivity contribution >= 4 is 51.5 Å². The van der Waals surface area contributed by atoms with Crippen molar-refractivity contribution in [1.29, 1.82) is 0 Å². The van der Waals surface area contributed by atoms with E-state index < -0.39 is 6.03 Å². The summed E-state index contributed by atoms with van der Waals surface area (Å²) in [5.41, 5.74) is 3.07. The van der Waals surface area contributed by atoms with Crippen LogP contribution in [0.3, 0.4) is 0 Å². The van der Waals surface area contributed by atoms with Crippen LogP contribution in [-0.4, -0.2) is 15.6 Å². The van der Waals surface area contributed by atoms with E-state index in [1.54, 1.807) is 47.9 Å². The lowest BCUT2D eigenvalue weighted by Gasteiger charge is -2.14. The molecule has 1 heterocycles. The minimum atomic E-state index is -0.435. The number of nitrogens with one attached hydrogen (secondary N) is 2. The summed E-state index contributed by atoms with van der Waals surface area (Å²) in [6.45, 7) is 3.64. The van der Waals surface area contributed by atoms with E-state index in [2.05, 4.69) is 15.6 Å². The van der Waals surface area contributed by atoms with Crippen molar-refractivity contribution in [1.82, 2.24) is 9.55 Å². The third-order valence-electron chi connectivity index (χ3n) is 4.78. The van der Waals surface area contributed by atoms with Crippen molar-refractivity contribution in [3.8, 4) is 5.69 Å². The van der Waals surface area contributed by atoms with Crippen LogP contribution in [0.5, 0.6) is 0 Å². The molecule has 0 aliphatic rings. The molecule has 4 rings (SSSR count). The Kier molecular flexibility index (Phi) is 5.67. The number of carbonyl (C=O) groups excluding carboxylic acids is 1. The van der Waals surface area contributed by atoms with Gasteiger partial charge in [0.05, 0.1) is 16.6 Å². The molecule has 2 amide bonds. The van der Waals surface area contributed by atoms with Gasteiger partial charge in [0.1, 0.15) is 5.82 Å². The molecule has 0 atom stereocenters. The van der Waals surface area contributed by atoms with Crippen LogP contribution in [0.25, 0.3) is 16.6 Å². The van der Waals surface area contributed by atoms with Gasteiger partial charge in [0.25, 0.3) is 5.56 Å². The number of aryl methyl sites for hydroxylation is 2. The van der Waals surface area contributed by atoms with E-state index in [1.165, 1.54) is 0 Å². The predicted molar refractivity (Wildman–Crippen MR) is 126 cm³/mol. The Bertz CT molecular complexity index is 1360. The number of fused-ring (bicyclic) bond motifs is 1. The third-order valence-corrected chi connectivity index (χ3v) is 5.22. The van der Waals surface area contributed by atoms with Crippen molar-refractivity contribution in [3.63, 3.8) is 0 Å². The van der Waals surface area contributed by atoms with Crippen molar-refractivity contribution in [2.45, 2.75) is 13.8 Å². The smallest absolute Gasteiger partial charge is 0.308 e. The fourth-order valence-electron chi connectivity index (χ4n) is 3.39. The number of benzene rings is 3. The molecule has 2 N–H and O–H groups in total. The number of hydrogen-bond acceptors (Lipinski definition) is 3. The average molecular weight is 453 g/mol. The van der Waals surface area contributed by atoms with Crippen LogP contribution in [0.1, 0.15) is 11.4 Å². The maximum atomic E-state index is 13.0. The zero-order valence-corrected chi connectivity index (χ0v) is 18.3. The van der Waals surface area contributed by atoms with E-state index in [1.807, 2.05) is 31.2 Å². The number of urea groups is 1. The lowest BCUT2D eigenvalue weighted by Crippen LogP contribution is -2.23. The van der Waals surface area contributed by atoms with Crippen LogP contribution in [0.2, 0.25) is 10.0 Å². The lowest BCUT2D eigenvalue weighted by molar-refractivity contribution is 0.262. The van der Waals surface area contributed by atoms with Gasteiger partial charge in [-0.1, -0.05) is 35.3 Å². The van der Waals surface area contributed by atoms with Crippen LogP contribution in [0.15, 0.2) is 65.5 Å². The SMILES string of the molecule is Cc1cc(-n2c(C)nc3ccccc3c2=O)ccc1NC(=O)Nc1cc(Cl)cc(Cl)c1. The van der Waals surface area contributed by atoms with Gasteiger partial charge in [-0.25, -0.2) is 9.78 Å². The molecule has 31 heavy (non-hydrogen) atoms. The number of anilines is 2. The standard InChI is InChI=1S/C23H18Cl2N4O2/c1-13-9-18(29-14(2)26-21-6-4-3-5-19(21)22(29)30)7-8-20(13)28-23(31)27-17-11-15(24)10-16(25)12-17/h3-12H,1-2H3,(H2,27,28,31). The zero-order valence-electron chi connectivity index (χ0n) is 16.7. The summed E-state index contributed by atoms with van der Waals surface area (Å²) in [5.74, 6) is 0.583. The van der Waals surface area contributed by atoms with Crippen molar-refractivity contribution in [2.75, 3.05) is 10.6 Å². The second kappa shape index (κ2) is 8.41. The Morgan fingerprint density at radius 3 is 2.35 bits per heavy atom. The van der Waals surface area contributed by atoms with Gasteiger partial charge >= 0.3 is 6.03 Å². The van der Waals surface area contributed by atoms with E-state index in [0.29, 0.717) is 43.8 Å². The summed E-state index contributed by atoms with van der Waals surface area (Å²) in [6.07, 6.45) is 0. The van der Waals surface area contributed by atoms with Crippen molar-refractivity contribution < 1.29 is 4.79 Å². The molecule has 0 aliphatic heterocycles. The van der Waals surface area contributed by atoms with Crippen molar-refractivity contribution in [3.05, 3.63) is 92.5 Å². The molecular weight excluding hydrogens is 435 g/mol. The highest BCUT2D eigenvalue weighted by molar-refractivity contribution is 6.35. The quantitative estimate of drug-likeness (QED) is 0.402. The molecule has 0 unspecified atom stereocenters. The van der Waals surface area contributed by atoms with Gasteiger partial charge in [0.2, 0.25) is 0 Å². The fraction of sp³-hybridized carbons (Fsp3) is 0.0870. The van der Waals surface area contributed by atoms with Gasteiger partial charge in [0, 0.05) is 21.4 Å². The van der Waals surface area contributed by atoms with E-state index in [9.17, 15) is 9.59 Å². The zero-order chi connectivity index (χ0) is 22.1. The van der Waals surface area contributed by atoms with E-state index in [0.717, 1.165) is 5.56 Å². The Labute approximate surface area is 188 Å². The lowest BCUT2D eigenvalue weighted by atomic mass is 10.1. The summed E-state index contributed by atoms with van der Waals surface area (Å²) in [7, 11) is 0. The molecule has 4 aromatic rings. The highest BCUT2D eigenvalue weighted by atomic mass is 35.5. The number of carbonyl (C=O) groups is 1. The fourth-order valence-corrected chi connectivity index (χ4v) is 3.91. The molecule has 1 aromatic heterocycles. The first-order chi connectivity index (χ1) is 14.8. The highest BCUT2D eigenvalue weighted by Gasteiger charge is 2.12. The van der Waals surface area contributed by atoms with Gasteiger partial charge in [-0.05, 0) is 67.9 Å². The Morgan fingerprint density at radius 2 is 1.65 bits per heavy atom. The Balaban J connectivity index is 1.61. The second-order valence-electron chi connectivity index (χ2n) is 7.05. The first-order valence-electron chi connectivity index (χ1n) is 9.45. The van der Waals surface area contributed by atoms with Gasteiger partial charge in [-0.3, -0.25) is 9.36 Å². The van der Waals surface area contributed by atoms with Crippen LogP contribution in [-0.2, 0) is 0 Å². The van der Waals surface area contributed by atoms with E-state index >= 15 is 0 Å². The second-order valence-corrected chi connectivity index (χ2v) is 7.93. The molecular formula is C23H18Cl2N4O2. The molecule has 6 nitrogen and oxygen atoms in total. The monoisotopic (exact) mass is 452 g/mol. The number of aromatic nitrogens is 2. The first-order valence-corrected chi connectivity index (χ1v) is 10.2. The molecule has 0 saturated heterocycles. The first kappa shape index (κ1) is 20.9. The van der Waals surface area contributed by atoms with E-state index in [-0.39, 0.29) is 5.56 Å². The molecule has 0 saturated carbocycles. The topological polar surface area (TPSA) is 76.0 Å². The summed E-state index contributed by atoms with van der Waals surface area (Å²) in [6, 6.07) is 16.9. The molecule has 0 radical (unpaired) electrons. The number of halogens is 2. The van der Waals surface area contributed by atoms with Gasteiger partial charge in [0.15, 0.2) is 0 Å². The summed E-state index contributed by atoms with van der Waals surface area (Å²) in [5, 5.41) is 6.89. The predicted octanol–water partition coefficient (Wildman–Crippen LogP) is 5.95. The summed E-state index contributed by atoms with van der Waals surface area (Å²) < 4.78 is 1.56. The largest absolute Gasteiger partial charge is 0.323 e. The average Bonchev–Trinajstić information content (AvgIpc) is 2.69. The molecule has 156 valence electrons. The minimum Gasteiger partial charge on any atom is -0.308 e. The molecule has 3 aromatic carbocycles. The van der Waals surface area contributed by atoms with Crippen LogP contribution >= 0.6 is 23.2 Å². The molecule has 0 aliphatic carbocycles. The van der Waals surface area contributed by atoms with Gasteiger partial charge < -0.3 is 10.6 Å². The molecule has 0 bridgehead atoms. The van der Waals surface area contributed by atoms with Crippen molar-refractivity contribution in [2.24, 2.45) is 0 Å². The molecule has 0 spiro atoms. The van der Waals surface area contributed by atoms with Crippen LogP contribution in [0, 0.1) is 13.8 Å². The minimum absolute atomic E-state index is 0.140. The summed E-state index contributed by atoms with van der Waals surface area (Å²) in [4.78, 5) is 29.9. The molecule has 8 heteroatoms. The number of para-hydroxylation sites is 1.